The number of likely N-dealkylation sites (tertiary alicyclic amines) is 1. The Morgan fingerprint density at radius 3 is 2.58 bits per heavy atom. The second-order valence-corrected chi connectivity index (χ2v) is 6.53. The van der Waals surface area contributed by atoms with Gasteiger partial charge in [-0.1, -0.05) is 17.7 Å². The number of aryl methyl sites for hydroxylation is 3. The molecule has 5 heteroatoms. The van der Waals surface area contributed by atoms with Crippen molar-refractivity contribution < 1.29 is 9.53 Å². The van der Waals surface area contributed by atoms with Gasteiger partial charge in [-0.15, -0.1) is 0 Å². The van der Waals surface area contributed by atoms with Gasteiger partial charge in [-0.2, -0.15) is 5.10 Å². The normalized spacial score (nSPS) is 15.5. The summed E-state index contributed by atoms with van der Waals surface area (Å²) in [6, 6.07) is 8.15. The van der Waals surface area contributed by atoms with Gasteiger partial charge in [0.2, 0.25) is 5.91 Å². The number of benzene rings is 1. The van der Waals surface area contributed by atoms with Crippen LogP contribution in [-0.2, 0) is 18.3 Å². The van der Waals surface area contributed by atoms with E-state index in [2.05, 4.69) is 24.2 Å². The van der Waals surface area contributed by atoms with Gasteiger partial charge < -0.3 is 9.64 Å². The first-order valence-corrected chi connectivity index (χ1v) is 8.59. The van der Waals surface area contributed by atoms with E-state index in [9.17, 15) is 4.79 Å². The van der Waals surface area contributed by atoms with Crippen LogP contribution in [0.4, 0.5) is 0 Å². The Labute approximate surface area is 143 Å². The highest BCUT2D eigenvalue weighted by molar-refractivity contribution is 5.76. The Morgan fingerprint density at radius 2 is 1.96 bits per heavy atom. The predicted octanol–water partition coefficient (Wildman–Crippen LogP) is 2.73. The summed E-state index contributed by atoms with van der Waals surface area (Å²) >= 11 is 0. The summed E-state index contributed by atoms with van der Waals surface area (Å²) < 4.78 is 7.79. The van der Waals surface area contributed by atoms with E-state index in [0.29, 0.717) is 6.42 Å². The van der Waals surface area contributed by atoms with Crippen molar-refractivity contribution in [3.05, 3.63) is 47.8 Å². The van der Waals surface area contributed by atoms with Crippen molar-refractivity contribution >= 4 is 5.91 Å². The average Bonchev–Trinajstić information content (AvgIpc) is 3.01. The van der Waals surface area contributed by atoms with Gasteiger partial charge in [-0.05, 0) is 31.0 Å². The molecule has 1 aromatic carbocycles. The third kappa shape index (κ3) is 4.37. The molecule has 1 aromatic heterocycles. The van der Waals surface area contributed by atoms with Gasteiger partial charge in [0.05, 0.1) is 6.20 Å². The van der Waals surface area contributed by atoms with E-state index < -0.39 is 0 Å². The third-order valence-corrected chi connectivity index (χ3v) is 4.50. The van der Waals surface area contributed by atoms with Gasteiger partial charge in [0.25, 0.3) is 0 Å². The lowest BCUT2D eigenvalue weighted by atomic mass is 10.1. The summed E-state index contributed by atoms with van der Waals surface area (Å²) in [5, 5.41) is 4.14. The monoisotopic (exact) mass is 327 g/mol. The molecule has 0 radical (unpaired) electrons. The molecule has 1 amide bonds. The number of hydrogen-bond acceptors (Lipinski definition) is 3. The Kier molecular flexibility index (Phi) is 5.18. The van der Waals surface area contributed by atoms with Crippen LogP contribution in [0.15, 0.2) is 36.7 Å². The largest absolute Gasteiger partial charge is 0.490 e. The molecular weight excluding hydrogens is 302 g/mol. The zero-order valence-electron chi connectivity index (χ0n) is 14.4. The SMILES string of the molecule is Cc1ccc(OC2CCN(C(=O)CCc3cnn(C)c3)CC2)cc1. The molecule has 2 heterocycles. The molecular formula is C19H25N3O2. The molecule has 3 rings (SSSR count). The molecule has 1 aliphatic heterocycles. The van der Waals surface area contributed by atoms with Crippen LogP contribution in [0.25, 0.3) is 0 Å². The van der Waals surface area contributed by atoms with E-state index in [1.54, 1.807) is 4.68 Å². The molecule has 2 aromatic rings. The molecule has 0 unspecified atom stereocenters. The lowest BCUT2D eigenvalue weighted by molar-refractivity contribution is -0.132. The Bertz CT molecular complexity index is 670. The second kappa shape index (κ2) is 7.51. The number of ether oxygens (including phenoxy) is 1. The summed E-state index contributed by atoms with van der Waals surface area (Å²) in [5.41, 5.74) is 2.35. The summed E-state index contributed by atoms with van der Waals surface area (Å²) in [6.45, 7) is 3.63. The number of carbonyl (C=O) groups is 1. The number of piperidine rings is 1. The minimum absolute atomic E-state index is 0.204. The lowest BCUT2D eigenvalue weighted by Crippen LogP contribution is -2.41. The first kappa shape index (κ1) is 16.6. The van der Waals surface area contributed by atoms with E-state index >= 15 is 0 Å². The highest BCUT2D eigenvalue weighted by atomic mass is 16.5. The third-order valence-electron chi connectivity index (χ3n) is 4.50. The Balaban J connectivity index is 1.42. The van der Waals surface area contributed by atoms with Gasteiger partial charge in [0.1, 0.15) is 11.9 Å². The number of carbonyl (C=O) groups excluding carboxylic acids is 1. The second-order valence-electron chi connectivity index (χ2n) is 6.53. The zero-order valence-corrected chi connectivity index (χ0v) is 14.4. The quantitative estimate of drug-likeness (QED) is 0.848. The van der Waals surface area contributed by atoms with E-state index in [-0.39, 0.29) is 12.0 Å². The molecule has 1 fully saturated rings. The molecule has 0 N–H and O–H groups in total. The van der Waals surface area contributed by atoms with Crippen LogP contribution in [0.1, 0.15) is 30.4 Å². The number of nitrogens with zero attached hydrogens (tertiary/aromatic N) is 3. The summed E-state index contributed by atoms with van der Waals surface area (Å²) in [4.78, 5) is 14.3. The van der Waals surface area contributed by atoms with Gasteiger partial charge in [-0.25, -0.2) is 0 Å². The van der Waals surface area contributed by atoms with Crippen molar-refractivity contribution in [3.8, 4) is 5.75 Å². The Hall–Kier alpha value is -2.30. The van der Waals surface area contributed by atoms with E-state index in [1.165, 1.54) is 5.56 Å². The average molecular weight is 327 g/mol. The van der Waals surface area contributed by atoms with Crippen molar-refractivity contribution in [1.82, 2.24) is 14.7 Å². The minimum Gasteiger partial charge on any atom is -0.490 e. The van der Waals surface area contributed by atoms with Crippen molar-refractivity contribution in [2.75, 3.05) is 13.1 Å². The number of aromatic nitrogens is 2. The molecule has 1 saturated heterocycles. The fourth-order valence-electron chi connectivity index (χ4n) is 3.04. The van der Waals surface area contributed by atoms with Crippen LogP contribution in [0, 0.1) is 6.92 Å². The van der Waals surface area contributed by atoms with Gasteiger partial charge in [-0.3, -0.25) is 9.48 Å². The fraction of sp³-hybridized carbons (Fsp3) is 0.474. The lowest BCUT2D eigenvalue weighted by Gasteiger charge is -2.32. The zero-order chi connectivity index (χ0) is 16.9. The molecule has 0 aliphatic carbocycles. The topological polar surface area (TPSA) is 47.4 Å². The maximum absolute atomic E-state index is 12.3. The van der Waals surface area contributed by atoms with Crippen LogP contribution < -0.4 is 4.74 Å². The highest BCUT2D eigenvalue weighted by Gasteiger charge is 2.23. The molecule has 0 atom stereocenters. The standard InChI is InChI=1S/C19H25N3O2/c1-15-3-6-17(7-4-15)24-18-9-11-22(12-10-18)19(23)8-5-16-13-20-21(2)14-16/h3-4,6-7,13-14,18H,5,8-12H2,1-2H3. The number of hydrogen-bond donors (Lipinski definition) is 0. The Morgan fingerprint density at radius 1 is 1.25 bits per heavy atom. The molecule has 5 nitrogen and oxygen atoms in total. The molecule has 0 bridgehead atoms. The summed E-state index contributed by atoms with van der Waals surface area (Å²) in [5.74, 6) is 1.15. The fourth-order valence-corrected chi connectivity index (χ4v) is 3.04. The van der Waals surface area contributed by atoms with E-state index in [1.807, 2.05) is 36.5 Å². The predicted molar refractivity (Wildman–Crippen MR) is 92.9 cm³/mol. The van der Waals surface area contributed by atoms with Gasteiger partial charge in [0.15, 0.2) is 0 Å². The smallest absolute Gasteiger partial charge is 0.222 e. The molecule has 24 heavy (non-hydrogen) atoms. The maximum atomic E-state index is 12.3. The molecule has 0 saturated carbocycles. The van der Waals surface area contributed by atoms with Gasteiger partial charge >= 0.3 is 0 Å². The first-order valence-electron chi connectivity index (χ1n) is 8.59. The van der Waals surface area contributed by atoms with Crippen LogP contribution in [0.3, 0.4) is 0 Å². The van der Waals surface area contributed by atoms with E-state index in [4.69, 9.17) is 4.74 Å². The summed E-state index contributed by atoms with van der Waals surface area (Å²) in [7, 11) is 1.89. The molecule has 128 valence electrons. The van der Waals surface area contributed by atoms with Crippen molar-refractivity contribution in [3.63, 3.8) is 0 Å². The minimum atomic E-state index is 0.204. The van der Waals surface area contributed by atoms with Crippen LogP contribution in [0.5, 0.6) is 5.75 Å². The van der Waals surface area contributed by atoms with E-state index in [0.717, 1.165) is 43.7 Å². The van der Waals surface area contributed by atoms with Crippen LogP contribution in [-0.4, -0.2) is 39.8 Å². The highest BCUT2D eigenvalue weighted by Crippen LogP contribution is 2.20. The molecule has 1 aliphatic rings. The number of rotatable bonds is 5. The van der Waals surface area contributed by atoms with Crippen molar-refractivity contribution in [2.45, 2.75) is 38.7 Å². The number of amides is 1. The van der Waals surface area contributed by atoms with Crippen LogP contribution in [0.2, 0.25) is 0 Å². The maximum Gasteiger partial charge on any atom is 0.222 e. The van der Waals surface area contributed by atoms with Crippen LogP contribution >= 0.6 is 0 Å². The van der Waals surface area contributed by atoms with Crippen molar-refractivity contribution in [2.24, 2.45) is 7.05 Å². The first-order chi connectivity index (χ1) is 11.6. The van der Waals surface area contributed by atoms with Gasteiger partial charge in [0, 0.05) is 45.6 Å². The summed E-state index contributed by atoms with van der Waals surface area (Å²) in [6.07, 6.45) is 7.10. The molecule has 0 spiro atoms. The van der Waals surface area contributed by atoms with Crippen molar-refractivity contribution in [1.29, 1.82) is 0 Å².